The third-order valence-corrected chi connectivity index (χ3v) is 3.91. The molecule has 1 unspecified atom stereocenters. The van der Waals surface area contributed by atoms with Gasteiger partial charge in [-0.25, -0.2) is 0 Å². The third kappa shape index (κ3) is 10.5. The molecular weight excluding hydrogens is 316 g/mol. The lowest BCUT2D eigenvalue weighted by atomic mass is 10.1. The Hall–Kier alpha value is -1.99. The van der Waals surface area contributed by atoms with E-state index in [0.717, 1.165) is 37.0 Å². The minimum Gasteiger partial charge on any atom is -0.481 e. The second-order valence-corrected chi connectivity index (χ2v) is 6.20. The van der Waals surface area contributed by atoms with E-state index >= 15 is 0 Å². The van der Waals surface area contributed by atoms with Crippen LogP contribution in [0.15, 0.2) is 28.9 Å². The topological polar surface area (TPSA) is 70.7 Å². The monoisotopic (exact) mass is 346 g/mol. The van der Waals surface area contributed by atoms with Crippen molar-refractivity contribution in [2.45, 2.75) is 77.2 Å². The predicted octanol–water partition coefficient (Wildman–Crippen LogP) is 4.71. The van der Waals surface area contributed by atoms with Gasteiger partial charge in [-0.15, -0.1) is 0 Å². The Balaban J connectivity index is 2.33. The Morgan fingerprint density at radius 2 is 2.08 bits per heavy atom. The van der Waals surface area contributed by atoms with Crippen LogP contribution in [0.1, 0.15) is 76.0 Å². The van der Waals surface area contributed by atoms with E-state index in [1.807, 2.05) is 12.1 Å². The molecule has 0 radical (unpaired) electrons. The summed E-state index contributed by atoms with van der Waals surface area (Å²) in [5, 5.41) is 18.5. The van der Waals surface area contributed by atoms with Crippen LogP contribution in [0, 0.1) is 11.8 Å². The van der Waals surface area contributed by atoms with Crippen molar-refractivity contribution in [2.24, 2.45) is 0 Å². The highest BCUT2D eigenvalue weighted by molar-refractivity contribution is 5.66. The molecule has 138 valence electrons. The quantitative estimate of drug-likeness (QED) is 0.327. The van der Waals surface area contributed by atoms with Gasteiger partial charge in [0.05, 0.1) is 11.8 Å². The fourth-order valence-electron chi connectivity index (χ4n) is 2.46. The second kappa shape index (κ2) is 13.3. The van der Waals surface area contributed by atoms with Crippen LogP contribution in [0.5, 0.6) is 0 Å². The molecule has 0 spiro atoms. The van der Waals surface area contributed by atoms with E-state index in [9.17, 15) is 9.90 Å². The minimum absolute atomic E-state index is 0.211. The molecule has 2 N–H and O–H groups in total. The van der Waals surface area contributed by atoms with Crippen molar-refractivity contribution in [3.63, 3.8) is 0 Å². The van der Waals surface area contributed by atoms with Crippen molar-refractivity contribution in [1.29, 1.82) is 0 Å². The van der Waals surface area contributed by atoms with Crippen LogP contribution >= 0.6 is 0 Å². The van der Waals surface area contributed by atoms with Crippen molar-refractivity contribution < 1.29 is 19.4 Å². The van der Waals surface area contributed by atoms with Gasteiger partial charge in [0, 0.05) is 19.3 Å². The largest absolute Gasteiger partial charge is 0.481 e. The number of unbranched alkanes of at least 4 members (excludes halogenated alkanes) is 5. The number of aliphatic carboxylic acids is 1. The Bertz CT molecular complexity index is 574. The molecule has 0 fully saturated rings. The predicted molar refractivity (Wildman–Crippen MR) is 99.3 cm³/mol. The standard InChI is InChI=1S/C21H30O4/c1-2-3-4-5-6-8-11-19(22)15-14-18-16-17-25-20(18)12-9-7-10-13-21(23)24/h6,8,16-17,19,22H,2-5,7,9-13H2,1H3,(H,23,24). The van der Waals surface area contributed by atoms with Gasteiger partial charge < -0.3 is 14.6 Å². The highest BCUT2D eigenvalue weighted by atomic mass is 16.4. The first-order valence-corrected chi connectivity index (χ1v) is 9.26. The number of furan rings is 1. The lowest BCUT2D eigenvalue weighted by molar-refractivity contribution is -0.137. The average Bonchev–Trinajstić information content (AvgIpc) is 3.03. The highest BCUT2D eigenvalue weighted by Crippen LogP contribution is 2.14. The van der Waals surface area contributed by atoms with Crippen molar-refractivity contribution in [3.05, 3.63) is 35.8 Å². The van der Waals surface area contributed by atoms with Gasteiger partial charge in [0.25, 0.3) is 0 Å². The van der Waals surface area contributed by atoms with Crippen LogP contribution < -0.4 is 0 Å². The summed E-state index contributed by atoms with van der Waals surface area (Å²) in [6.45, 7) is 2.18. The zero-order chi connectivity index (χ0) is 18.3. The number of aryl methyl sites for hydroxylation is 1. The van der Waals surface area contributed by atoms with E-state index in [0.29, 0.717) is 12.8 Å². The molecule has 0 aliphatic heterocycles. The molecule has 0 aromatic carbocycles. The van der Waals surface area contributed by atoms with Crippen LogP contribution in [-0.2, 0) is 11.2 Å². The molecule has 0 saturated heterocycles. The molecular formula is C21H30O4. The molecule has 4 heteroatoms. The van der Waals surface area contributed by atoms with Crippen molar-refractivity contribution in [3.8, 4) is 11.8 Å². The summed E-state index contributed by atoms with van der Waals surface area (Å²) in [5.41, 5.74) is 0.809. The van der Waals surface area contributed by atoms with Gasteiger partial charge in [-0.2, -0.15) is 0 Å². The van der Waals surface area contributed by atoms with Crippen molar-refractivity contribution in [1.82, 2.24) is 0 Å². The van der Waals surface area contributed by atoms with Gasteiger partial charge in [-0.1, -0.05) is 50.2 Å². The highest BCUT2D eigenvalue weighted by Gasteiger charge is 2.05. The van der Waals surface area contributed by atoms with Gasteiger partial charge in [0.2, 0.25) is 0 Å². The molecule has 25 heavy (non-hydrogen) atoms. The maximum atomic E-state index is 10.5. The SMILES string of the molecule is CCCCCC=CCC(O)C#Cc1ccoc1CCCCCC(=O)O. The summed E-state index contributed by atoms with van der Waals surface area (Å²) in [5.74, 6) is 5.91. The molecule has 1 aromatic heterocycles. The van der Waals surface area contributed by atoms with Crippen LogP contribution in [0.2, 0.25) is 0 Å². The normalized spacial score (nSPS) is 12.1. The first kappa shape index (κ1) is 21.1. The smallest absolute Gasteiger partial charge is 0.303 e. The molecule has 0 amide bonds. The number of allylic oxidation sites excluding steroid dienone is 1. The van der Waals surface area contributed by atoms with E-state index in [1.54, 1.807) is 6.26 Å². The van der Waals surface area contributed by atoms with E-state index in [4.69, 9.17) is 9.52 Å². The number of carboxylic acids is 1. The first-order valence-electron chi connectivity index (χ1n) is 9.26. The maximum Gasteiger partial charge on any atom is 0.303 e. The number of aliphatic hydroxyl groups excluding tert-OH is 1. The molecule has 1 heterocycles. The summed E-state index contributed by atoms with van der Waals surface area (Å²) in [6, 6.07) is 1.81. The van der Waals surface area contributed by atoms with E-state index in [1.165, 1.54) is 19.3 Å². The van der Waals surface area contributed by atoms with Gasteiger partial charge in [-0.05, 0) is 31.7 Å². The Labute approximate surface area is 150 Å². The summed E-state index contributed by atoms with van der Waals surface area (Å²) < 4.78 is 5.45. The first-order chi connectivity index (χ1) is 12.1. The fraction of sp³-hybridized carbons (Fsp3) is 0.571. The van der Waals surface area contributed by atoms with Gasteiger partial charge >= 0.3 is 5.97 Å². The molecule has 0 bridgehead atoms. The number of carbonyl (C=O) groups is 1. The van der Waals surface area contributed by atoms with E-state index in [2.05, 4.69) is 24.8 Å². The summed E-state index contributed by atoms with van der Waals surface area (Å²) in [7, 11) is 0. The number of aliphatic hydroxyl groups is 1. The molecule has 0 aliphatic rings. The fourth-order valence-corrected chi connectivity index (χ4v) is 2.46. The minimum atomic E-state index is -0.752. The summed E-state index contributed by atoms with van der Waals surface area (Å²) in [4.78, 5) is 10.5. The molecule has 4 nitrogen and oxygen atoms in total. The Morgan fingerprint density at radius 3 is 2.84 bits per heavy atom. The Kier molecular flexibility index (Phi) is 11.2. The number of rotatable bonds is 12. The van der Waals surface area contributed by atoms with Gasteiger partial charge in [-0.3, -0.25) is 4.79 Å². The lowest BCUT2D eigenvalue weighted by Crippen LogP contribution is -2.00. The van der Waals surface area contributed by atoms with E-state index in [-0.39, 0.29) is 6.42 Å². The average molecular weight is 346 g/mol. The van der Waals surface area contributed by atoms with Crippen LogP contribution in [0.25, 0.3) is 0 Å². The van der Waals surface area contributed by atoms with Crippen molar-refractivity contribution >= 4 is 5.97 Å². The van der Waals surface area contributed by atoms with Crippen LogP contribution in [0.3, 0.4) is 0 Å². The third-order valence-electron chi connectivity index (χ3n) is 3.91. The van der Waals surface area contributed by atoms with Crippen LogP contribution in [-0.4, -0.2) is 22.3 Å². The summed E-state index contributed by atoms with van der Waals surface area (Å²) >= 11 is 0. The van der Waals surface area contributed by atoms with Gasteiger partial charge in [0.15, 0.2) is 0 Å². The molecule has 0 aliphatic carbocycles. The molecule has 1 rings (SSSR count). The Morgan fingerprint density at radius 1 is 1.24 bits per heavy atom. The maximum absolute atomic E-state index is 10.5. The molecule has 1 atom stereocenters. The number of hydrogen-bond acceptors (Lipinski definition) is 3. The van der Waals surface area contributed by atoms with E-state index < -0.39 is 12.1 Å². The van der Waals surface area contributed by atoms with Crippen LogP contribution in [0.4, 0.5) is 0 Å². The lowest BCUT2D eigenvalue weighted by Gasteiger charge is -1.99. The number of hydrogen-bond donors (Lipinski definition) is 2. The zero-order valence-electron chi connectivity index (χ0n) is 15.2. The molecule has 1 aromatic rings. The molecule has 0 saturated carbocycles. The summed E-state index contributed by atoms with van der Waals surface area (Å²) in [6.07, 6.45) is 13.7. The second-order valence-electron chi connectivity index (χ2n) is 6.20. The van der Waals surface area contributed by atoms with Gasteiger partial charge in [0.1, 0.15) is 11.9 Å². The zero-order valence-corrected chi connectivity index (χ0v) is 15.2. The van der Waals surface area contributed by atoms with Crippen molar-refractivity contribution in [2.75, 3.05) is 0 Å². The number of carboxylic acid groups (broad SMARTS) is 1.